The van der Waals surface area contributed by atoms with Crippen LogP contribution in [-0.2, 0) is 49.2 Å². The van der Waals surface area contributed by atoms with Crippen LogP contribution in [0.1, 0.15) is 61.3 Å². The van der Waals surface area contributed by atoms with E-state index >= 15 is 0 Å². The van der Waals surface area contributed by atoms with Crippen LogP contribution in [0.4, 0.5) is 5.82 Å². The van der Waals surface area contributed by atoms with Crippen molar-refractivity contribution in [2.75, 3.05) is 11.4 Å². The molecule has 5 rings (SSSR count). The molecule has 0 aromatic carbocycles. The molecule has 5 heterocycles. The van der Waals surface area contributed by atoms with Crippen LogP contribution in [-0.4, -0.2) is 46.2 Å². The molecular formula is C25H29N6O3SY-. The van der Waals surface area contributed by atoms with Gasteiger partial charge in [-0.05, 0) is 70.6 Å². The Bertz CT molecular complexity index is 1390. The molecule has 1 N–H and O–H groups in total. The van der Waals surface area contributed by atoms with Gasteiger partial charge in [-0.3, -0.25) is 14.5 Å². The topological polar surface area (TPSA) is 110 Å². The summed E-state index contributed by atoms with van der Waals surface area (Å²) in [6.07, 6.45) is 6.42. The number of sulfonamides is 1. The fourth-order valence-corrected chi connectivity index (χ4v) is 6.04. The van der Waals surface area contributed by atoms with Gasteiger partial charge in [-0.2, -0.15) is 13.5 Å². The van der Waals surface area contributed by atoms with Crippen LogP contribution in [0.2, 0.25) is 0 Å². The monoisotopic (exact) mass is 582 g/mol. The van der Waals surface area contributed by atoms with Gasteiger partial charge in [0.05, 0.1) is 17.3 Å². The van der Waals surface area contributed by atoms with Gasteiger partial charge in [0.2, 0.25) is 0 Å². The molecule has 3 aromatic heterocycles. The minimum Gasteiger partial charge on any atom is -0.365 e. The molecule has 1 saturated heterocycles. The van der Waals surface area contributed by atoms with Gasteiger partial charge in [0.1, 0.15) is 0 Å². The first kappa shape index (κ1) is 26.9. The number of anilines is 1. The van der Waals surface area contributed by atoms with E-state index in [1.54, 1.807) is 16.9 Å². The standard InChI is InChI=1S/C25H29N6O3S.Y/c1-17-13-14-31(28-17)21-12-11-20-23(27-21)30-16-18(15-25(30,2)3)7-4-5-8-19-9-6-10-22(26-19)35(33,34)29-24(20)32;/h6,9-11,13-14,18H,4-5,7-8,15-16H2,1-3H3,(H,29,32);/q-1;/t18-;/m0./s1. The number of nitrogens with zero attached hydrogens (tertiary/aromatic N) is 5. The quantitative estimate of drug-likeness (QED) is 0.439. The number of aromatic nitrogens is 4. The van der Waals surface area contributed by atoms with Gasteiger partial charge in [0, 0.05) is 56.7 Å². The Kier molecular flexibility index (Phi) is 7.69. The van der Waals surface area contributed by atoms with Crippen molar-refractivity contribution in [1.29, 1.82) is 0 Å². The van der Waals surface area contributed by atoms with E-state index in [0.29, 0.717) is 29.7 Å². The van der Waals surface area contributed by atoms with Crippen molar-refractivity contribution in [1.82, 2.24) is 24.5 Å². The van der Waals surface area contributed by atoms with Gasteiger partial charge in [-0.15, -0.1) is 0 Å². The second-order valence-corrected chi connectivity index (χ2v) is 11.6. The van der Waals surface area contributed by atoms with Crippen molar-refractivity contribution in [3.63, 3.8) is 0 Å². The second kappa shape index (κ2) is 10.3. The Morgan fingerprint density at radius 2 is 1.97 bits per heavy atom. The Balaban J connectivity index is 0.00000304. The SMILES string of the molecule is Cc1ccn(-c2[c-]cc3c(n2)N2C[C@@H](CCCCc4cccc(n4)S(=O)(=O)NC3=O)CC2(C)C)n1.[Y]. The van der Waals surface area contributed by atoms with Gasteiger partial charge < -0.3 is 4.90 Å². The van der Waals surface area contributed by atoms with Crippen LogP contribution in [0.5, 0.6) is 0 Å². The zero-order chi connectivity index (χ0) is 24.8. The number of rotatable bonds is 1. The number of hydrogen-bond acceptors (Lipinski definition) is 7. The van der Waals surface area contributed by atoms with E-state index < -0.39 is 15.9 Å². The molecule has 0 unspecified atom stereocenters. The summed E-state index contributed by atoms with van der Waals surface area (Å²) in [7, 11) is -4.16. The van der Waals surface area contributed by atoms with Gasteiger partial charge >= 0.3 is 0 Å². The predicted molar refractivity (Wildman–Crippen MR) is 131 cm³/mol. The van der Waals surface area contributed by atoms with Gasteiger partial charge in [0.25, 0.3) is 10.0 Å². The number of hydrogen-bond donors (Lipinski definition) is 1. The number of carbonyl (C=O) groups is 1. The van der Waals surface area contributed by atoms with E-state index in [-0.39, 0.29) is 48.8 Å². The third-order valence-corrected chi connectivity index (χ3v) is 8.01. The normalized spacial score (nSPS) is 20.9. The van der Waals surface area contributed by atoms with Crippen molar-refractivity contribution in [2.24, 2.45) is 5.92 Å². The molecule has 1 fully saturated rings. The Labute approximate surface area is 237 Å². The fraction of sp³-hybridized carbons (Fsp3) is 0.440. The molecular weight excluding hydrogens is 553 g/mol. The molecule has 3 aromatic rings. The molecule has 36 heavy (non-hydrogen) atoms. The molecule has 187 valence electrons. The minimum atomic E-state index is -4.16. The van der Waals surface area contributed by atoms with Crippen LogP contribution in [0, 0.1) is 18.9 Å². The van der Waals surface area contributed by atoms with Crippen LogP contribution in [0.3, 0.4) is 0 Å². The van der Waals surface area contributed by atoms with E-state index in [0.717, 1.165) is 37.9 Å². The average Bonchev–Trinajstić information content (AvgIpc) is 3.37. The van der Waals surface area contributed by atoms with E-state index in [2.05, 4.69) is 39.6 Å². The molecule has 0 saturated carbocycles. The maximum absolute atomic E-state index is 13.4. The molecule has 1 amide bonds. The summed E-state index contributed by atoms with van der Waals surface area (Å²) in [5.41, 5.74) is 1.43. The fourth-order valence-electron chi connectivity index (χ4n) is 5.09. The number of fused-ring (bicyclic) bond motifs is 6. The third-order valence-electron chi connectivity index (χ3n) is 6.78. The van der Waals surface area contributed by atoms with E-state index in [1.807, 2.05) is 19.1 Å². The number of aryl methyl sites for hydroxylation is 2. The zero-order valence-electron chi connectivity index (χ0n) is 20.7. The van der Waals surface area contributed by atoms with Gasteiger partial charge in [-0.25, -0.2) is 21.8 Å². The Morgan fingerprint density at radius 3 is 2.72 bits per heavy atom. The van der Waals surface area contributed by atoms with Crippen molar-refractivity contribution < 1.29 is 45.9 Å². The summed E-state index contributed by atoms with van der Waals surface area (Å²) in [6, 6.07) is 11.3. The summed E-state index contributed by atoms with van der Waals surface area (Å²) in [6.45, 7) is 6.90. The Morgan fingerprint density at radius 1 is 1.17 bits per heavy atom. The first-order valence-electron chi connectivity index (χ1n) is 11.9. The minimum absolute atomic E-state index is 0. The Hall–Kier alpha value is -2.17. The summed E-state index contributed by atoms with van der Waals surface area (Å²) >= 11 is 0. The van der Waals surface area contributed by atoms with Crippen molar-refractivity contribution in [2.45, 2.75) is 63.4 Å². The molecule has 0 spiro atoms. The first-order chi connectivity index (χ1) is 16.6. The summed E-state index contributed by atoms with van der Waals surface area (Å²) in [5, 5.41) is 4.26. The number of carbonyl (C=O) groups excluding carboxylic acids is 1. The largest absolute Gasteiger partial charge is 0.365 e. The average molecular weight is 583 g/mol. The predicted octanol–water partition coefficient (Wildman–Crippen LogP) is 3.22. The maximum Gasteiger partial charge on any atom is 0.280 e. The number of amides is 1. The molecule has 0 aliphatic carbocycles. The molecule has 1 radical (unpaired) electrons. The summed E-state index contributed by atoms with van der Waals surface area (Å²) in [4.78, 5) is 24.6. The van der Waals surface area contributed by atoms with Crippen LogP contribution in [0.25, 0.3) is 5.82 Å². The van der Waals surface area contributed by atoms with Crippen LogP contribution in [0.15, 0.2) is 41.6 Å². The number of nitrogens with one attached hydrogen (secondary N) is 1. The summed E-state index contributed by atoms with van der Waals surface area (Å²) < 4.78 is 29.9. The third kappa shape index (κ3) is 5.40. The van der Waals surface area contributed by atoms with Crippen LogP contribution >= 0.6 is 0 Å². The van der Waals surface area contributed by atoms with Crippen molar-refractivity contribution in [3.05, 3.63) is 59.5 Å². The molecule has 1 atom stereocenters. The molecule has 4 bridgehead atoms. The van der Waals surface area contributed by atoms with Crippen molar-refractivity contribution in [3.8, 4) is 5.82 Å². The second-order valence-electron chi connectivity index (χ2n) is 10.0. The number of pyridine rings is 2. The van der Waals surface area contributed by atoms with Crippen LogP contribution < -0.4 is 9.62 Å². The molecule has 2 aliphatic rings. The molecule has 2 aliphatic heterocycles. The maximum atomic E-state index is 13.4. The first-order valence-corrected chi connectivity index (χ1v) is 13.4. The smallest absolute Gasteiger partial charge is 0.280 e. The van der Waals surface area contributed by atoms with E-state index in [1.165, 1.54) is 12.1 Å². The van der Waals surface area contributed by atoms with E-state index in [4.69, 9.17) is 4.98 Å². The molecule has 9 nitrogen and oxygen atoms in total. The van der Waals surface area contributed by atoms with Gasteiger partial charge in [0.15, 0.2) is 10.9 Å². The van der Waals surface area contributed by atoms with E-state index in [9.17, 15) is 13.2 Å². The zero-order valence-corrected chi connectivity index (χ0v) is 24.4. The van der Waals surface area contributed by atoms with Crippen molar-refractivity contribution >= 4 is 21.7 Å². The molecule has 11 heteroatoms. The summed E-state index contributed by atoms with van der Waals surface area (Å²) in [5.74, 6) is 0.562. The van der Waals surface area contributed by atoms with Gasteiger partial charge in [-0.1, -0.05) is 18.1 Å².